The van der Waals surface area contributed by atoms with Gasteiger partial charge in [-0.1, -0.05) is 35.5 Å². The number of pyridine rings is 1. The lowest BCUT2D eigenvalue weighted by Crippen LogP contribution is -2.22. The van der Waals surface area contributed by atoms with Gasteiger partial charge in [0.05, 0.1) is 21.4 Å². The van der Waals surface area contributed by atoms with E-state index in [0.717, 1.165) is 17.3 Å². The zero-order valence-corrected chi connectivity index (χ0v) is 23.5. The van der Waals surface area contributed by atoms with Crippen LogP contribution >= 0.6 is 23.4 Å². The molecule has 0 fully saturated rings. The number of halogens is 1. The van der Waals surface area contributed by atoms with E-state index in [1.807, 2.05) is 12.1 Å². The number of aryl methyl sites for hydroxylation is 2. The van der Waals surface area contributed by atoms with Crippen LogP contribution in [0.3, 0.4) is 0 Å². The molecule has 1 atom stereocenters. The highest BCUT2D eigenvalue weighted by Crippen LogP contribution is 2.29. The molecule has 198 valence electrons. The van der Waals surface area contributed by atoms with Gasteiger partial charge < -0.3 is 5.32 Å². The molecule has 9 nitrogen and oxygen atoms in total. The Morgan fingerprint density at radius 3 is 2.23 bits per heavy atom. The number of thioether (sulfide) groups is 1. The molecule has 2 aromatic carbocycles. The molecule has 0 aliphatic carbocycles. The molecule has 1 amide bonds. The molecule has 0 aliphatic heterocycles. The summed E-state index contributed by atoms with van der Waals surface area (Å²) in [5.74, 6) is -0.346. The molecule has 39 heavy (non-hydrogen) atoms. The lowest BCUT2D eigenvalue weighted by molar-refractivity contribution is -0.115. The van der Waals surface area contributed by atoms with Gasteiger partial charge in [-0.25, -0.2) is 28.1 Å². The van der Waals surface area contributed by atoms with Gasteiger partial charge in [0, 0.05) is 27.7 Å². The fourth-order valence-electron chi connectivity index (χ4n) is 3.53. The number of benzene rings is 2. The number of sulfonamides is 1. The summed E-state index contributed by atoms with van der Waals surface area (Å²) in [5.41, 5.74) is 3.52. The van der Waals surface area contributed by atoms with Gasteiger partial charge >= 0.3 is 0 Å². The van der Waals surface area contributed by atoms with Crippen LogP contribution in [0.25, 0.3) is 11.3 Å². The maximum absolute atomic E-state index is 12.9. The minimum absolute atomic E-state index is 0.00689. The van der Waals surface area contributed by atoms with Gasteiger partial charge in [0.25, 0.3) is 10.0 Å². The molecule has 0 bridgehead atoms. The monoisotopic (exact) mass is 578 g/mol. The van der Waals surface area contributed by atoms with Crippen LogP contribution < -0.4 is 10.0 Å². The van der Waals surface area contributed by atoms with Crippen molar-refractivity contribution in [1.29, 1.82) is 5.26 Å². The summed E-state index contributed by atoms with van der Waals surface area (Å²) in [7, 11) is -3.92. The molecule has 4 aromatic rings. The minimum Gasteiger partial charge on any atom is -0.325 e. The molecule has 1 unspecified atom stereocenters. The number of hydrogen-bond acceptors (Lipinski definition) is 8. The molecule has 12 heteroatoms. The number of rotatable bonds is 8. The van der Waals surface area contributed by atoms with Gasteiger partial charge in [0.1, 0.15) is 11.1 Å². The number of nitriles is 1. The summed E-state index contributed by atoms with van der Waals surface area (Å²) in [4.78, 5) is 25.7. The van der Waals surface area contributed by atoms with E-state index in [0.29, 0.717) is 38.4 Å². The number of amides is 1. The van der Waals surface area contributed by atoms with Crippen molar-refractivity contribution in [3.05, 3.63) is 88.7 Å². The van der Waals surface area contributed by atoms with E-state index in [1.165, 1.54) is 24.3 Å². The van der Waals surface area contributed by atoms with E-state index < -0.39 is 15.3 Å². The number of carbonyl (C=O) groups excluding carboxylic acids is 1. The third-order valence-electron chi connectivity index (χ3n) is 5.42. The quantitative estimate of drug-likeness (QED) is 0.258. The fourth-order valence-corrected chi connectivity index (χ4v) is 5.49. The number of hydrogen-bond donors (Lipinski definition) is 2. The summed E-state index contributed by atoms with van der Waals surface area (Å²) in [6.07, 6.45) is 0. The minimum atomic E-state index is -3.92. The van der Waals surface area contributed by atoms with Crippen molar-refractivity contribution >= 4 is 50.9 Å². The van der Waals surface area contributed by atoms with Gasteiger partial charge in [-0.05, 0) is 75.4 Å². The molecular formula is C27H23ClN6O3S2. The average Bonchev–Trinajstić information content (AvgIpc) is 2.88. The smallest absolute Gasteiger partial charge is 0.264 e. The van der Waals surface area contributed by atoms with E-state index >= 15 is 0 Å². The molecule has 0 spiro atoms. The van der Waals surface area contributed by atoms with Crippen molar-refractivity contribution in [2.24, 2.45) is 0 Å². The van der Waals surface area contributed by atoms with Crippen LogP contribution in [0.15, 0.2) is 76.7 Å². The highest BCUT2D eigenvalue weighted by molar-refractivity contribution is 8.00. The summed E-state index contributed by atoms with van der Waals surface area (Å²) in [6, 6.07) is 20.2. The highest BCUT2D eigenvalue weighted by Gasteiger charge is 2.20. The summed E-state index contributed by atoms with van der Waals surface area (Å²) in [6.45, 7) is 5.19. The molecule has 0 aliphatic rings. The van der Waals surface area contributed by atoms with E-state index in [9.17, 15) is 18.5 Å². The van der Waals surface area contributed by atoms with Crippen molar-refractivity contribution in [3.63, 3.8) is 0 Å². The van der Waals surface area contributed by atoms with Gasteiger partial charge in [0.15, 0.2) is 0 Å². The number of anilines is 2. The highest BCUT2D eigenvalue weighted by atomic mass is 35.5. The van der Waals surface area contributed by atoms with Crippen molar-refractivity contribution in [2.45, 2.75) is 35.9 Å². The molecule has 0 saturated heterocycles. The third kappa shape index (κ3) is 7.11. The Morgan fingerprint density at radius 2 is 1.62 bits per heavy atom. The Bertz CT molecular complexity index is 1650. The van der Waals surface area contributed by atoms with Crippen LogP contribution in [-0.2, 0) is 14.8 Å². The van der Waals surface area contributed by atoms with E-state index in [-0.39, 0.29) is 16.8 Å². The van der Waals surface area contributed by atoms with Gasteiger partial charge in [-0.2, -0.15) is 5.26 Å². The number of carbonyl (C=O) groups is 1. The average molecular weight is 579 g/mol. The second-order valence-electron chi connectivity index (χ2n) is 8.52. The van der Waals surface area contributed by atoms with Crippen molar-refractivity contribution in [3.8, 4) is 17.3 Å². The SMILES string of the molecule is Cc1cc(C)nc(NS(=O)(=O)c2ccc(NC(=O)C(C)Sc3nc(-c4ccc(Cl)cc4)ccc3C#N)cc2)n1. The first-order valence-electron chi connectivity index (χ1n) is 11.6. The first kappa shape index (κ1) is 28.0. The molecular weight excluding hydrogens is 556 g/mol. The van der Waals surface area contributed by atoms with Crippen LogP contribution in [0.4, 0.5) is 11.6 Å². The number of nitrogens with one attached hydrogen (secondary N) is 2. The van der Waals surface area contributed by atoms with E-state index in [1.54, 1.807) is 51.1 Å². The van der Waals surface area contributed by atoms with Crippen LogP contribution in [0.5, 0.6) is 0 Å². The second kappa shape index (κ2) is 11.8. The topological polar surface area (TPSA) is 138 Å². The second-order valence-corrected chi connectivity index (χ2v) is 12.0. The zero-order chi connectivity index (χ0) is 28.2. The Kier molecular flexibility index (Phi) is 8.50. The third-order valence-corrected chi connectivity index (χ3v) is 8.12. The lowest BCUT2D eigenvalue weighted by atomic mass is 10.1. The van der Waals surface area contributed by atoms with Gasteiger partial charge in [-0.3, -0.25) is 4.79 Å². The van der Waals surface area contributed by atoms with Gasteiger partial charge in [0.2, 0.25) is 11.9 Å². The number of aromatic nitrogens is 3. The lowest BCUT2D eigenvalue weighted by Gasteiger charge is -2.14. The summed E-state index contributed by atoms with van der Waals surface area (Å²) >= 11 is 7.13. The van der Waals surface area contributed by atoms with Crippen LogP contribution in [0, 0.1) is 25.2 Å². The zero-order valence-electron chi connectivity index (χ0n) is 21.1. The molecule has 0 saturated carbocycles. The standard InChI is InChI=1S/C27H23ClN6O3S2/c1-16-14-17(2)31-27(30-16)34-39(36,37)23-11-9-22(10-12-23)32-25(35)18(3)38-26-20(15-29)6-13-24(33-26)19-4-7-21(28)8-5-19/h4-14,18H,1-3H3,(H,32,35)(H,30,31,34). The van der Waals surface area contributed by atoms with Crippen LogP contribution in [0.2, 0.25) is 5.02 Å². The Balaban J connectivity index is 1.44. The van der Waals surface area contributed by atoms with Gasteiger partial charge in [-0.15, -0.1) is 0 Å². The van der Waals surface area contributed by atoms with Crippen LogP contribution in [-0.4, -0.2) is 34.5 Å². The maximum Gasteiger partial charge on any atom is 0.264 e. The van der Waals surface area contributed by atoms with E-state index in [2.05, 4.69) is 31.1 Å². The fraction of sp³-hybridized carbons (Fsp3) is 0.148. The van der Waals surface area contributed by atoms with Crippen molar-refractivity contribution < 1.29 is 13.2 Å². The van der Waals surface area contributed by atoms with Crippen molar-refractivity contribution in [2.75, 3.05) is 10.0 Å². The normalized spacial score (nSPS) is 11.9. The maximum atomic E-state index is 12.9. The van der Waals surface area contributed by atoms with Crippen LogP contribution in [0.1, 0.15) is 23.9 Å². The largest absolute Gasteiger partial charge is 0.325 e. The first-order valence-corrected chi connectivity index (χ1v) is 14.4. The molecule has 2 aromatic heterocycles. The predicted molar refractivity (Wildman–Crippen MR) is 152 cm³/mol. The molecule has 4 rings (SSSR count). The Labute approximate surface area is 235 Å². The molecule has 0 radical (unpaired) electrons. The van der Waals surface area contributed by atoms with E-state index in [4.69, 9.17) is 11.6 Å². The Hall–Kier alpha value is -3.98. The predicted octanol–water partition coefficient (Wildman–Crippen LogP) is 5.60. The Morgan fingerprint density at radius 1 is 0.974 bits per heavy atom. The van der Waals surface area contributed by atoms with Crippen molar-refractivity contribution in [1.82, 2.24) is 15.0 Å². The summed E-state index contributed by atoms with van der Waals surface area (Å²) in [5, 5.41) is 12.7. The first-order chi connectivity index (χ1) is 18.5. The number of nitrogens with zero attached hydrogens (tertiary/aromatic N) is 4. The molecule has 2 N–H and O–H groups in total. The molecule has 2 heterocycles. The summed E-state index contributed by atoms with van der Waals surface area (Å²) < 4.78 is 27.9.